The van der Waals surface area contributed by atoms with Gasteiger partial charge in [0.05, 0.1) is 24.6 Å². The third kappa shape index (κ3) is 4.51. The predicted molar refractivity (Wildman–Crippen MR) is 104 cm³/mol. The van der Waals surface area contributed by atoms with Crippen molar-refractivity contribution in [1.82, 2.24) is 0 Å². The Labute approximate surface area is 158 Å². The summed E-state index contributed by atoms with van der Waals surface area (Å²) in [6.07, 6.45) is 0.210. The van der Waals surface area contributed by atoms with Gasteiger partial charge in [-0.25, -0.2) is 8.42 Å². The third-order valence-corrected chi connectivity index (χ3v) is 5.07. The fourth-order valence-electron chi connectivity index (χ4n) is 2.76. The van der Waals surface area contributed by atoms with Gasteiger partial charge in [-0.2, -0.15) is 0 Å². The monoisotopic (exact) mass is 390 g/mol. The molecule has 8 heteroatoms. The maximum atomic E-state index is 12.6. The number of hydrogen-bond acceptors (Lipinski definition) is 5. The van der Waals surface area contributed by atoms with Gasteiger partial charge in [0.15, 0.2) is 6.10 Å². The highest BCUT2D eigenvalue weighted by Crippen LogP contribution is 2.34. The van der Waals surface area contributed by atoms with E-state index in [0.29, 0.717) is 22.9 Å². The lowest BCUT2D eigenvalue weighted by Gasteiger charge is -2.33. The van der Waals surface area contributed by atoms with Crippen LogP contribution >= 0.6 is 0 Å². The SMILES string of the molecule is CC(C)Oc1ccc(NC(=O)[C@H]2CN(S(C)(=O)=O)c3ccccc3O2)cc1. The summed E-state index contributed by atoms with van der Waals surface area (Å²) in [6.45, 7) is 3.78. The molecule has 2 aromatic rings. The summed E-state index contributed by atoms with van der Waals surface area (Å²) in [6, 6.07) is 13.7. The van der Waals surface area contributed by atoms with Crippen LogP contribution in [0.1, 0.15) is 13.8 Å². The summed E-state index contributed by atoms with van der Waals surface area (Å²) < 4.78 is 36.7. The predicted octanol–water partition coefficient (Wildman–Crippen LogP) is 2.64. The topological polar surface area (TPSA) is 84.9 Å². The first-order valence-electron chi connectivity index (χ1n) is 8.55. The molecule has 1 aliphatic rings. The molecule has 0 fully saturated rings. The van der Waals surface area contributed by atoms with Crippen LogP contribution in [0.15, 0.2) is 48.5 Å². The highest BCUT2D eigenvalue weighted by atomic mass is 32.2. The lowest BCUT2D eigenvalue weighted by atomic mass is 10.2. The van der Waals surface area contributed by atoms with Gasteiger partial charge in [0, 0.05) is 5.69 Å². The molecular formula is C19H22N2O5S. The molecule has 0 saturated carbocycles. The molecule has 1 amide bonds. The van der Waals surface area contributed by atoms with Gasteiger partial charge in [0.2, 0.25) is 10.0 Å². The van der Waals surface area contributed by atoms with Crippen molar-refractivity contribution >= 4 is 27.3 Å². The number of rotatable bonds is 5. The van der Waals surface area contributed by atoms with Gasteiger partial charge in [-0.3, -0.25) is 9.10 Å². The minimum absolute atomic E-state index is 0.0584. The highest BCUT2D eigenvalue weighted by Gasteiger charge is 2.34. The van der Waals surface area contributed by atoms with Gasteiger partial charge in [-0.1, -0.05) is 12.1 Å². The molecule has 0 unspecified atom stereocenters. The molecule has 1 atom stereocenters. The number of anilines is 2. The second-order valence-corrected chi connectivity index (χ2v) is 8.46. The number of amides is 1. The van der Waals surface area contributed by atoms with Gasteiger partial charge >= 0.3 is 0 Å². The molecule has 0 spiro atoms. The maximum absolute atomic E-state index is 12.6. The Balaban J connectivity index is 1.75. The Hall–Kier alpha value is -2.74. The summed E-state index contributed by atoms with van der Waals surface area (Å²) in [5.74, 6) is 0.639. The first kappa shape index (κ1) is 19.0. The Morgan fingerprint density at radius 3 is 2.48 bits per heavy atom. The zero-order valence-corrected chi connectivity index (χ0v) is 16.2. The zero-order valence-electron chi connectivity index (χ0n) is 15.4. The molecule has 1 aliphatic heterocycles. The Morgan fingerprint density at radius 1 is 1.19 bits per heavy atom. The molecular weight excluding hydrogens is 368 g/mol. The van der Waals surface area contributed by atoms with E-state index in [0.717, 1.165) is 6.26 Å². The molecule has 0 bridgehead atoms. The number of nitrogens with zero attached hydrogens (tertiary/aromatic N) is 1. The lowest BCUT2D eigenvalue weighted by molar-refractivity contribution is -0.122. The quantitative estimate of drug-likeness (QED) is 0.848. The van der Waals surface area contributed by atoms with Crippen molar-refractivity contribution in [1.29, 1.82) is 0 Å². The molecule has 0 aliphatic carbocycles. The zero-order chi connectivity index (χ0) is 19.6. The minimum atomic E-state index is -3.54. The van der Waals surface area contributed by atoms with Crippen LogP contribution in [-0.4, -0.2) is 39.3 Å². The maximum Gasteiger partial charge on any atom is 0.267 e. The van der Waals surface area contributed by atoms with Crippen LogP contribution in [0.2, 0.25) is 0 Å². The van der Waals surface area contributed by atoms with Crippen molar-refractivity contribution in [3.05, 3.63) is 48.5 Å². The first-order valence-corrected chi connectivity index (χ1v) is 10.4. The summed E-state index contributed by atoms with van der Waals surface area (Å²) in [5, 5.41) is 2.75. The second-order valence-electron chi connectivity index (χ2n) is 6.55. The van der Waals surface area contributed by atoms with E-state index in [4.69, 9.17) is 9.47 Å². The van der Waals surface area contributed by atoms with E-state index in [1.807, 2.05) is 13.8 Å². The molecule has 27 heavy (non-hydrogen) atoms. The molecule has 0 saturated heterocycles. The van der Waals surface area contributed by atoms with Crippen LogP contribution in [-0.2, 0) is 14.8 Å². The van der Waals surface area contributed by atoms with E-state index in [-0.39, 0.29) is 12.6 Å². The molecule has 144 valence electrons. The third-order valence-electron chi connectivity index (χ3n) is 3.92. The fourth-order valence-corrected chi connectivity index (χ4v) is 3.68. The second kappa shape index (κ2) is 7.48. The standard InChI is InChI=1S/C19H22N2O5S/c1-13(2)25-15-10-8-14(9-11-15)20-19(22)18-12-21(27(3,23)24)16-6-4-5-7-17(16)26-18/h4-11,13,18H,12H2,1-3H3,(H,20,22)/t18-/m1/s1. The number of hydrogen-bond donors (Lipinski definition) is 1. The number of carbonyl (C=O) groups is 1. The first-order chi connectivity index (χ1) is 12.7. The summed E-state index contributed by atoms with van der Waals surface area (Å²) in [5.41, 5.74) is 1.00. The molecule has 0 aromatic heterocycles. The normalized spacial score (nSPS) is 16.4. The summed E-state index contributed by atoms with van der Waals surface area (Å²) >= 11 is 0. The van der Waals surface area contributed by atoms with Gasteiger partial charge in [-0.05, 0) is 50.2 Å². The molecule has 2 aromatic carbocycles. The number of carbonyl (C=O) groups excluding carboxylic acids is 1. The summed E-state index contributed by atoms with van der Waals surface area (Å²) in [7, 11) is -3.54. The smallest absolute Gasteiger partial charge is 0.267 e. The van der Waals surface area contributed by atoms with Gasteiger partial charge in [0.25, 0.3) is 5.91 Å². The van der Waals surface area contributed by atoms with Crippen molar-refractivity contribution in [3.8, 4) is 11.5 Å². The number of sulfonamides is 1. The average molecular weight is 390 g/mol. The number of benzene rings is 2. The van der Waals surface area contributed by atoms with Crippen molar-refractivity contribution in [2.24, 2.45) is 0 Å². The van der Waals surface area contributed by atoms with Crippen LogP contribution in [0.25, 0.3) is 0 Å². The molecule has 7 nitrogen and oxygen atoms in total. The van der Waals surface area contributed by atoms with Gasteiger partial charge in [-0.15, -0.1) is 0 Å². The van der Waals surface area contributed by atoms with E-state index >= 15 is 0 Å². The molecule has 0 radical (unpaired) electrons. The van der Waals surface area contributed by atoms with Crippen molar-refractivity contribution in [2.75, 3.05) is 22.4 Å². The lowest BCUT2D eigenvalue weighted by Crippen LogP contribution is -2.48. The van der Waals surface area contributed by atoms with Crippen molar-refractivity contribution < 1.29 is 22.7 Å². The van der Waals surface area contributed by atoms with Crippen LogP contribution in [0.3, 0.4) is 0 Å². The highest BCUT2D eigenvalue weighted by molar-refractivity contribution is 7.92. The Morgan fingerprint density at radius 2 is 1.85 bits per heavy atom. The number of para-hydroxylation sites is 2. The number of nitrogens with one attached hydrogen (secondary N) is 1. The Bertz CT molecular complexity index is 925. The van der Waals surface area contributed by atoms with Gasteiger partial charge in [0.1, 0.15) is 11.5 Å². The summed E-state index contributed by atoms with van der Waals surface area (Å²) in [4.78, 5) is 12.6. The van der Waals surface area contributed by atoms with E-state index < -0.39 is 22.0 Å². The largest absolute Gasteiger partial charge is 0.491 e. The van der Waals surface area contributed by atoms with E-state index in [9.17, 15) is 13.2 Å². The van der Waals surface area contributed by atoms with Crippen molar-refractivity contribution in [2.45, 2.75) is 26.1 Å². The number of fused-ring (bicyclic) bond motifs is 1. The number of ether oxygens (including phenoxy) is 2. The van der Waals surface area contributed by atoms with E-state index in [1.165, 1.54) is 4.31 Å². The van der Waals surface area contributed by atoms with Gasteiger partial charge < -0.3 is 14.8 Å². The molecule has 1 N–H and O–H groups in total. The average Bonchev–Trinajstić information content (AvgIpc) is 2.61. The van der Waals surface area contributed by atoms with E-state index in [2.05, 4.69) is 5.32 Å². The molecule has 3 rings (SSSR count). The van der Waals surface area contributed by atoms with E-state index in [1.54, 1.807) is 48.5 Å². The van der Waals surface area contributed by atoms with Crippen LogP contribution < -0.4 is 19.1 Å². The van der Waals surface area contributed by atoms with Crippen molar-refractivity contribution in [3.63, 3.8) is 0 Å². The molecule has 1 heterocycles. The fraction of sp³-hybridized carbons (Fsp3) is 0.316. The van der Waals surface area contributed by atoms with Crippen LogP contribution in [0, 0.1) is 0 Å². The van der Waals surface area contributed by atoms with Crippen LogP contribution in [0.5, 0.6) is 11.5 Å². The Kier molecular flexibility index (Phi) is 5.27. The minimum Gasteiger partial charge on any atom is -0.491 e. The van der Waals surface area contributed by atoms with Crippen LogP contribution in [0.4, 0.5) is 11.4 Å².